The van der Waals surface area contributed by atoms with Crippen LogP contribution in [0.25, 0.3) is 11.6 Å². The van der Waals surface area contributed by atoms with Gasteiger partial charge in [0.2, 0.25) is 0 Å². The number of hydrogen-bond acceptors (Lipinski definition) is 8. The number of aliphatic hydroxyl groups excluding tert-OH is 1. The van der Waals surface area contributed by atoms with Crippen molar-refractivity contribution in [2.75, 3.05) is 40.5 Å². The highest BCUT2D eigenvalue weighted by Crippen LogP contribution is 2.25. The minimum atomic E-state index is -0.789. The molecule has 3 aromatic rings. The molecular weight excluding hydrogens is 466 g/mol. The van der Waals surface area contributed by atoms with Crippen molar-refractivity contribution in [1.82, 2.24) is 5.06 Å². The van der Waals surface area contributed by atoms with Crippen molar-refractivity contribution in [2.24, 2.45) is 0 Å². The number of carbonyl (C=O) groups is 1. The molecule has 0 radical (unpaired) electrons. The summed E-state index contributed by atoms with van der Waals surface area (Å²) in [7, 11) is 2.98. The van der Waals surface area contributed by atoms with Crippen LogP contribution < -0.4 is 9.57 Å². The normalized spacial score (nSPS) is 12.4. The van der Waals surface area contributed by atoms with Gasteiger partial charge in [0.25, 0.3) is 0 Å². The van der Waals surface area contributed by atoms with Gasteiger partial charge in [-0.3, -0.25) is 0 Å². The van der Waals surface area contributed by atoms with E-state index in [1.807, 2.05) is 55.5 Å². The van der Waals surface area contributed by atoms with Gasteiger partial charge in [0.1, 0.15) is 24.2 Å². The topological polar surface area (TPSA) is 77.5 Å². The van der Waals surface area contributed by atoms with Gasteiger partial charge >= 0.3 is 5.97 Å². The second-order valence-corrected chi connectivity index (χ2v) is 9.09. The maximum atomic E-state index is 12.4. The first-order valence-electron chi connectivity index (χ1n) is 11.2. The number of rotatable bonds is 13. The fourth-order valence-electron chi connectivity index (χ4n) is 3.25. The Balaban J connectivity index is 1.59. The minimum absolute atomic E-state index is 0.0785. The van der Waals surface area contributed by atoms with E-state index in [4.69, 9.17) is 19.0 Å². The molecule has 0 bridgehead atoms. The highest BCUT2D eigenvalue weighted by Gasteiger charge is 2.16. The predicted octanol–water partition coefficient (Wildman–Crippen LogP) is 4.45. The molecule has 1 N–H and O–H groups in total. The third-order valence-electron chi connectivity index (χ3n) is 5.00. The standard InChI is InChI=1S/C27H31NO6S/c1-20-9-14-25(35-20)17-26(27(30)32-3)21-10-12-23(13-11-21)33-19-22(29)18-28(15-16-31-2)34-24-7-5-4-6-8-24/h4-14,17,22,29H,15-16,18-19H2,1-3H3/b26-17+. The molecule has 1 aromatic heterocycles. The second-order valence-electron chi connectivity index (χ2n) is 7.77. The van der Waals surface area contributed by atoms with Crippen molar-refractivity contribution in [3.63, 3.8) is 0 Å². The molecular formula is C27H31NO6S. The van der Waals surface area contributed by atoms with E-state index in [9.17, 15) is 9.90 Å². The van der Waals surface area contributed by atoms with Crippen LogP contribution in [0.1, 0.15) is 15.3 Å². The number of thiophene rings is 1. The maximum absolute atomic E-state index is 12.4. The van der Waals surface area contributed by atoms with Gasteiger partial charge < -0.3 is 24.2 Å². The Kier molecular flexibility index (Phi) is 10.3. The van der Waals surface area contributed by atoms with Gasteiger partial charge in [-0.25, -0.2) is 4.79 Å². The summed E-state index contributed by atoms with van der Waals surface area (Å²) in [5, 5.41) is 12.2. The van der Waals surface area contributed by atoms with Crippen LogP contribution in [-0.2, 0) is 14.3 Å². The van der Waals surface area contributed by atoms with Gasteiger partial charge in [-0.2, -0.15) is 0 Å². The monoisotopic (exact) mass is 497 g/mol. The summed E-state index contributed by atoms with van der Waals surface area (Å²) in [6.07, 6.45) is 1.03. The highest BCUT2D eigenvalue weighted by atomic mass is 32.1. The molecule has 1 unspecified atom stereocenters. The van der Waals surface area contributed by atoms with E-state index in [2.05, 4.69) is 0 Å². The summed E-state index contributed by atoms with van der Waals surface area (Å²) in [4.78, 5) is 20.3. The van der Waals surface area contributed by atoms with E-state index in [-0.39, 0.29) is 13.2 Å². The smallest absolute Gasteiger partial charge is 0.338 e. The molecule has 0 aliphatic heterocycles. The van der Waals surface area contributed by atoms with Crippen LogP contribution in [0, 0.1) is 6.92 Å². The zero-order valence-corrected chi connectivity index (χ0v) is 21.0. The average Bonchev–Trinajstić information content (AvgIpc) is 3.29. The number of carbonyl (C=O) groups excluding carboxylic acids is 1. The molecule has 0 saturated heterocycles. The largest absolute Gasteiger partial charge is 0.491 e. The van der Waals surface area contributed by atoms with Crippen LogP contribution in [-0.4, -0.2) is 62.8 Å². The zero-order chi connectivity index (χ0) is 25.0. The van der Waals surface area contributed by atoms with E-state index < -0.39 is 12.1 Å². The quantitative estimate of drug-likeness (QED) is 0.212. The lowest BCUT2D eigenvalue weighted by Crippen LogP contribution is -2.39. The van der Waals surface area contributed by atoms with Gasteiger partial charge in [-0.15, -0.1) is 16.4 Å². The van der Waals surface area contributed by atoms with Crippen LogP contribution in [0.5, 0.6) is 11.5 Å². The molecule has 7 nitrogen and oxygen atoms in total. The number of aliphatic hydroxyl groups is 1. The number of esters is 1. The van der Waals surface area contributed by atoms with Gasteiger partial charge in [0.05, 0.1) is 32.4 Å². The molecule has 0 aliphatic rings. The van der Waals surface area contributed by atoms with Crippen LogP contribution >= 0.6 is 11.3 Å². The number of hydroxylamine groups is 2. The molecule has 35 heavy (non-hydrogen) atoms. The van der Waals surface area contributed by atoms with E-state index in [0.717, 1.165) is 15.3 Å². The first-order valence-corrected chi connectivity index (χ1v) is 12.0. The summed E-state index contributed by atoms with van der Waals surface area (Å²) < 4.78 is 15.9. The third kappa shape index (κ3) is 8.52. The van der Waals surface area contributed by atoms with Crippen LogP contribution in [0.3, 0.4) is 0 Å². The number of benzene rings is 2. The van der Waals surface area contributed by atoms with Gasteiger partial charge in [0, 0.05) is 16.9 Å². The van der Waals surface area contributed by atoms with Crippen molar-refractivity contribution in [2.45, 2.75) is 13.0 Å². The molecule has 0 amide bonds. The molecule has 8 heteroatoms. The lowest BCUT2D eigenvalue weighted by molar-refractivity contribution is -0.133. The Bertz CT molecular complexity index is 1080. The molecule has 0 fully saturated rings. The summed E-state index contributed by atoms with van der Waals surface area (Å²) in [5.74, 6) is 0.852. The van der Waals surface area contributed by atoms with Crippen molar-refractivity contribution in [3.05, 3.63) is 82.0 Å². The summed E-state index contributed by atoms with van der Waals surface area (Å²) >= 11 is 1.60. The Morgan fingerprint density at radius 3 is 2.40 bits per heavy atom. The summed E-state index contributed by atoms with van der Waals surface area (Å²) in [5.41, 5.74) is 1.19. The van der Waals surface area contributed by atoms with Gasteiger partial charge in [0.15, 0.2) is 0 Å². The average molecular weight is 498 g/mol. The number of nitrogens with zero attached hydrogens (tertiary/aromatic N) is 1. The fraction of sp³-hybridized carbons (Fsp3) is 0.296. The van der Waals surface area contributed by atoms with Crippen molar-refractivity contribution in [3.8, 4) is 11.5 Å². The lowest BCUT2D eigenvalue weighted by Gasteiger charge is -2.24. The van der Waals surface area contributed by atoms with E-state index in [0.29, 0.717) is 30.2 Å². The lowest BCUT2D eigenvalue weighted by atomic mass is 10.1. The minimum Gasteiger partial charge on any atom is -0.491 e. The number of ether oxygens (including phenoxy) is 3. The zero-order valence-electron chi connectivity index (χ0n) is 20.2. The van der Waals surface area contributed by atoms with Crippen molar-refractivity contribution in [1.29, 1.82) is 0 Å². The first-order chi connectivity index (χ1) is 17.0. The number of para-hydroxylation sites is 1. The predicted molar refractivity (Wildman–Crippen MR) is 137 cm³/mol. The highest BCUT2D eigenvalue weighted by molar-refractivity contribution is 7.12. The third-order valence-corrected chi connectivity index (χ3v) is 5.95. The second kappa shape index (κ2) is 13.7. The fourth-order valence-corrected chi connectivity index (χ4v) is 4.07. The molecule has 186 valence electrons. The maximum Gasteiger partial charge on any atom is 0.338 e. The molecule has 1 atom stereocenters. The van der Waals surface area contributed by atoms with Crippen LogP contribution in [0.2, 0.25) is 0 Å². The number of methoxy groups -OCH3 is 2. The first kappa shape index (κ1) is 26.4. The Hall–Kier alpha value is -3.17. The van der Waals surface area contributed by atoms with E-state index >= 15 is 0 Å². The summed E-state index contributed by atoms with van der Waals surface area (Å²) in [6, 6.07) is 20.5. The Morgan fingerprint density at radius 2 is 1.77 bits per heavy atom. The van der Waals surface area contributed by atoms with E-state index in [1.165, 1.54) is 7.11 Å². The Labute approximate surface area is 210 Å². The summed E-state index contributed by atoms with van der Waals surface area (Å²) in [6.45, 7) is 3.29. The molecule has 0 aliphatic carbocycles. The van der Waals surface area contributed by atoms with Crippen molar-refractivity contribution < 1.29 is 28.9 Å². The molecule has 0 saturated carbocycles. The Morgan fingerprint density at radius 1 is 1.03 bits per heavy atom. The molecule has 3 rings (SSSR count). The molecule has 2 aromatic carbocycles. The van der Waals surface area contributed by atoms with Gasteiger partial charge in [-0.05, 0) is 55.0 Å². The number of aryl methyl sites for hydroxylation is 1. The number of hydrogen-bond donors (Lipinski definition) is 1. The van der Waals surface area contributed by atoms with Crippen LogP contribution in [0.4, 0.5) is 0 Å². The van der Waals surface area contributed by atoms with Crippen molar-refractivity contribution >= 4 is 29.0 Å². The SMILES string of the molecule is COCCN(CC(O)COc1ccc(/C(=C\c2ccc(C)s2)C(=O)OC)cc1)Oc1ccccc1. The van der Waals surface area contributed by atoms with Gasteiger partial charge in [-0.1, -0.05) is 30.3 Å². The molecule has 0 spiro atoms. The van der Waals surface area contributed by atoms with E-state index in [1.54, 1.807) is 47.8 Å². The van der Waals surface area contributed by atoms with Crippen LogP contribution in [0.15, 0.2) is 66.7 Å². The molecule has 1 heterocycles.